The van der Waals surface area contributed by atoms with Crippen molar-refractivity contribution < 1.29 is 19.1 Å². The number of primary amides is 1. The van der Waals surface area contributed by atoms with Gasteiger partial charge in [-0.05, 0) is 73.9 Å². The zero-order valence-corrected chi connectivity index (χ0v) is 23.7. The molecule has 42 heavy (non-hydrogen) atoms. The number of benzene rings is 3. The average Bonchev–Trinajstić information content (AvgIpc) is 3.58. The topological polar surface area (TPSA) is 130 Å². The fraction of sp³-hybridized carbons (Fsp3) is 0.188. The summed E-state index contributed by atoms with van der Waals surface area (Å²) in [5.41, 5.74) is 11.5. The predicted octanol–water partition coefficient (Wildman–Crippen LogP) is 5.62. The Bertz CT molecular complexity index is 1850. The van der Waals surface area contributed by atoms with Crippen LogP contribution in [0.5, 0.6) is 0 Å². The van der Waals surface area contributed by atoms with E-state index in [0.29, 0.717) is 29.6 Å². The van der Waals surface area contributed by atoms with Crippen molar-refractivity contribution in [1.29, 1.82) is 0 Å². The number of hydrogen-bond acceptors (Lipinski definition) is 5. The van der Waals surface area contributed by atoms with Crippen molar-refractivity contribution in [3.8, 4) is 22.4 Å². The highest BCUT2D eigenvalue weighted by Gasteiger charge is 2.19. The lowest BCUT2D eigenvalue weighted by Crippen LogP contribution is -2.26. The third-order valence-electron chi connectivity index (χ3n) is 7.01. The minimum absolute atomic E-state index is 0.163. The number of aliphatic hydroxyl groups is 1. The summed E-state index contributed by atoms with van der Waals surface area (Å²) < 4.78 is 15.2. The molecule has 1 amide bonds. The van der Waals surface area contributed by atoms with E-state index < -0.39 is 17.3 Å². The van der Waals surface area contributed by atoms with E-state index in [1.807, 2.05) is 55.4 Å². The number of carbonyl (C=O) groups excluding carboxylic acids is 2. The molecule has 9 nitrogen and oxygen atoms in total. The third-order valence-corrected chi connectivity index (χ3v) is 7.01. The molecule has 0 aliphatic carbocycles. The molecule has 0 fully saturated rings. The number of hydrogen-bond donors (Lipinski definition) is 3. The minimum atomic E-state index is -0.924. The van der Waals surface area contributed by atoms with E-state index in [1.165, 1.54) is 12.1 Å². The van der Waals surface area contributed by atoms with Crippen LogP contribution in [-0.2, 0) is 6.54 Å². The Hall–Kier alpha value is -5.09. The molecule has 10 heteroatoms. The van der Waals surface area contributed by atoms with Crippen molar-refractivity contribution in [1.82, 2.24) is 14.8 Å². The first-order chi connectivity index (χ1) is 19.9. The standard InChI is InChI=1S/C32H31FN6O3/c1-19-23(6-5-7-29(19)38(4)18-35-27-11-8-22(33)12-20(27)16-40)24-9-10-25(31(34)41)30-26(24)13-28(37-30)21-14-36-39(15-21)17-32(2,3)42/h5-16,18,37,42H,17H2,1-4H3,(H2,34,41)/b35-18-. The molecule has 0 atom stereocenters. The van der Waals surface area contributed by atoms with Crippen LogP contribution < -0.4 is 10.6 Å². The second-order valence-corrected chi connectivity index (χ2v) is 10.9. The van der Waals surface area contributed by atoms with Crippen molar-refractivity contribution in [2.75, 3.05) is 11.9 Å². The van der Waals surface area contributed by atoms with Gasteiger partial charge < -0.3 is 20.7 Å². The first-order valence-corrected chi connectivity index (χ1v) is 13.3. The predicted molar refractivity (Wildman–Crippen MR) is 163 cm³/mol. The number of nitrogens with two attached hydrogens (primary N) is 1. The highest BCUT2D eigenvalue weighted by molar-refractivity contribution is 6.11. The molecular weight excluding hydrogens is 535 g/mol. The van der Waals surface area contributed by atoms with Gasteiger partial charge in [0.1, 0.15) is 5.82 Å². The van der Waals surface area contributed by atoms with Crippen LogP contribution in [-0.4, -0.2) is 51.1 Å². The van der Waals surface area contributed by atoms with Crippen LogP contribution >= 0.6 is 0 Å². The Labute approximate surface area is 242 Å². The number of rotatable bonds is 9. The van der Waals surface area contributed by atoms with Gasteiger partial charge in [0.25, 0.3) is 5.91 Å². The quantitative estimate of drug-likeness (QED) is 0.121. The van der Waals surface area contributed by atoms with E-state index >= 15 is 0 Å². The Morgan fingerprint density at radius 3 is 2.69 bits per heavy atom. The van der Waals surface area contributed by atoms with Gasteiger partial charge in [0, 0.05) is 41.1 Å². The van der Waals surface area contributed by atoms with Gasteiger partial charge >= 0.3 is 0 Å². The molecule has 0 saturated carbocycles. The van der Waals surface area contributed by atoms with E-state index in [9.17, 15) is 19.1 Å². The van der Waals surface area contributed by atoms with Gasteiger partial charge in [0.2, 0.25) is 0 Å². The zero-order chi connectivity index (χ0) is 30.2. The fourth-order valence-electron chi connectivity index (χ4n) is 5.05. The third kappa shape index (κ3) is 5.70. The lowest BCUT2D eigenvalue weighted by Gasteiger charge is -2.19. The summed E-state index contributed by atoms with van der Waals surface area (Å²) in [5, 5.41) is 15.4. The molecule has 5 aromatic rings. The molecule has 0 unspecified atom stereocenters. The first kappa shape index (κ1) is 28.4. The maximum atomic E-state index is 13.5. The van der Waals surface area contributed by atoms with Gasteiger partial charge in [-0.15, -0.1) is 0 Å². The number of halogens is 1. The lowest BCUT2D eigenvalue weighted by atomic mass is 9.94. The Morgan fingerprint density at radius 2 is 1.98 bits per heavy atom. The molecule has 0 aliphatic heterocycles. The maximum Gasteiger partial charge on any atom is 0.250 e. The number of carbonyl (C=O) groups is 2. The van der Waals surface area contributed by atoms with E-state index in [0.717, 1.165) is 45.1 Å². The number of aromatic nitrogens is 3. The number of fused-ring (bicyclic) bond motifs is 1. The van der Waals surface area contributed by atoms with Crippen LogP contribution in [0.25, 0.3) is 33.3 Å². The van der Waals surface area contributed by atoms with Crippen LogP contribution in [0.2, 0.25) is 0 Å². The molecule has 4 N–H and O–H groups in total. The molecule has 0 aliphatic rings. The van der Waals surface area contributed by atoms with E-state index in [2.05, 4.69) is 15.1 Å². The summed E-state index contributed by atoms with van der Waals surface area (Å²) in [7, 11) is 1.84. The Morgan fingerprint density at radius 1 is 1.19 bits per heavy atom. The summed E-state index contributed by atoms with van der Waals surface area (Å²) in [6, 6.07) is 15.3. The molecule has 0 radical (unpaired) electrons. The number of aldehydes is 1. The summed E-state index contributed by atoms with van der Waals surface area (Å²) in [6.07, 6.45) is 5.70. The number of nitrogens with one attached hydrogen (secondary N) is 1. The van der Waals surface area contributed by atoms with E-state index in [4.69, 9.17) is 5.73 Å². The van der Waals surface area contributed by atoms with Crippen molar-refractivity contribution in [2.45, 2.75) is 32.9 Å². The van der Waals surface area contributed by atoms with Crippen LogP contribution in [0.15, 0.2) is 72.0 Å². The van der Waals surface area contributed by atoms with Gasteiger partial charge in [-0.2, -0.15) is 5.10 Å². The number of aromatic amines is 1. The maximum absolute atomic E-state index is 13.5. The molecule has 0 saturated heterocycles. The fourth-order valence-corrected chi connectivity index (χ4v) is 5.05. The van der Waals surface area contributed by atoms with Gasteiger partial charge in [0.15, 0.2) is 6.29 Å². The zero-order valence-electron chi connectivity index (χ0n) is 23.7. The van der Waals surface area contributed by atoms with E-state index in [1.54, 1.807) is 37.1 Å². The molecule has 214 valence electrons. The van der Waals surface area contributed by atoms with Crippen molar-refractivity contribution in [2.24, 2.45) is 10.7 Å². The highest BCUT2D eigenvalue weighted by atomic mass is 19.1. The Kier molecular flexibility index (Phi) is 7.49. The number of anilines is 1. The molecule has 0 spiro atoms. The number of amides is 1. The van der Waals surface area contributed by atoms with Crippen molar-refractivity contribution in [3.05, 3.63) is 89.5 Å². The second kappa shape index (κ2) is 11.1. The van der Waals surface area contributed by atoms with E-state index in [-0.39, 0.29) is 5.56 Å². The second-order valence-electron chi connectivity index (χ2n) is 10.9. The SMILES string of the molecule is Cc1c(-c2ccc(C(N)=O)c3[nH]c(-c4cnn(CC(C)(C)O)c4)cc23)cccc1N(C)/C=N\c1ccc(F)cc1C=O. The molecular formula is C32H31FN6O3. The number of nitrogens with zero attached hydrogens (tertiary/aromatic N) is 4. The minimum Gasteiger partial charge on any atom is -0.389 e. The molecule has 2 heterocycles. The van der Waals surface area contributed by atoms with Crippen LogP contribution in [0.3, 0.4) is 0 Å². The largest absolute Gasteiger partial charge is 0.389 e. The molecule has 3 aromatic carbocycles. The lowest BCUT2D eigenvalue weighted by molar-refractivity contribution is 0.0577. The van der Waals surface area contributed by atoms with Crippen molar-refractivity contribution in [3.63, 3.8) is 0 Å². The molecule has 5 rings (SSSR count). The number of aliphatic imine (C=N–C) groups is 1. The van der Waals surface area contributed by atoms with Gasteiger partial charge in [-0.3, -0.25) is 14.3 Å². The first-order valence-electron chi connectivity index (χ1n) is 13.3. The normalized spacial score (nSPS) is 11.9. The van der Waals surface area contributed by atoms with Gasteiger partial charge in [-0.25, -0.2) is 9.38 Å². The molecule has 0 bridgehead atoms. The average molecular weight is 567 g/mol. The van der Waals surface area contributed by atoms with Gasteiger partial charge in [0.05, 0.1) is 41.4 Å². The van der Waals surface area contributed by atoms with Gasteiger partial charge in [-0.1, -0.05) is 18.2 Å². The van der Waals surface area contributed by atoms with Crippen LogP contribution in [0.1, 0.15) is 40.1 Å². The highest BCUT2D eigenvalue weighted by Crippen LogP contribution is 2.38. The van der Waals surface area contributed by atoms with Crippen LogP contribution in [0.4, 0.5) is 15.8 Å². The summed E-state index contributed by atoms with van der Waals surface area (Å²) >= 11 is 0. The molecule has 2 aromatic heterocycles. The van der Waals surface area contributed by atoms with Crippen LogP contribution in [0, 0.1) is 12.7 Å². The summed E-state index contributed by atoms with van der Waals surface area (Å²) in [5.74, 6) is -1.05. The summed E-state index contributed by atoms with van der Waals surface area (Å²) in [4.78, 5) is 33.3. The summed E-state index contributed by atoms with van der Waals surface area (Å²) in [6.45, 7) is 5.75. The Balaban J connectivity index is 1.56. The smallest absolute Gasteiger partial charge is 0.250 e. The number of H-pyrrole nitrogens is 1. The van der Waals surface area contributed by atoms with Crippen molar-refractivity contribution >= 4 is 40.8 Å². The monoisotopic (exact) mass is 566 g/mol.